The molecule has 0 aliphatic rings. The third-order valence-corrected chi connectivity index (χ3v) is 7.70. The summed E-state index contributed by atoms with van der Waals surface area (Å²) < 4.78 is 36.8. The Bertz CT molecular complexity index is 1560. The maximum Gasteiger partial charge on any atom is 0.326 e. The second-order valence-corrected chi connectivity index (χ2v) is 10.7. The molecule has 0 radical (unpaired) electrons. The number of aliphatic carboxylic acids is 1. The zero-order chi connectivity index (χ0) is 26.7. The average Bonchev–Trinajstić information content (AvgIpc) is 3.32. The fourth-order valence-electron chi connectivity index (χ4n) is 3.81. The van der Waals surface area contributed by atoms with Crippen LogP contribution in [0.15, 0.2) is 82.1 Å². The molecule has 0 aliphatic heterocycles. The smallest absolute Gasteiger partial charge is 0.326 e. The standard InChI is InChI=1S/C27H26N2O7S/c1-29(2)37(33,34)22-6-4-5-19(15-22)18-9-7-17(8-10-18)13-23(27(31)32)28-26(30)25-16-20-14-21(35-3)11-12-24(20)36-25/h4-12,14-16,23H,13H2,1-3H3,(H,28,30)(H,31,32). The van der Waals surface area contributed by atoms with Gasteiger partial charge in [-0.3, -0.25) is 4.79 Å². The lowest BCUT2D eigenvalue weighted by atomic mass is 10.0. The predicted octanol–water partition coefficient (Wildman–Crippen LogP) is 3.78. The molecule has 3 aromatic carbocycles. The van der Waals surface area contributed by atoms with E-state index in [-0.39, 0.29) is 17.1 Å². The van der Waals surface area contributed by atoms with Gasteiger partial charge in [0, 0.05) is 25.9 Å². The summed E-state index contributed by atoms with van der Waals surface area (Å²) in [6.45, 7) is 0. The fraction of sp³-hybridized carbons (Fsp3) is 0.185. The number of benzene rings is 3. The molecule has 1 heterocycles. The number of nitrogens with zero attached hydrogens (tertiary/aromatic N) is 1. The Morgan fingerprint density at radius 2 is 1.73 bits per heavy atom. The highest BCUT2D eigenvalue weighted by atomic mass is 32.2. The normalized spacial score (nSPS) is 12.4. The van der Waals surface area contributed by atoms with Crippen molar-refractivity contribution in [2.24, 2.45) is 0 Å². The van der Waals surface area contributed by atoms with E-state index >= 15 is 0 Å². The van der Waals surface area contributed by atoms with Crippen LogP contribution in [-0.2, 0) is 21.2 Å². The number of methoxy groups -OCH3 is 1. The van der Waals surface area contributed by atoms with Crippen LogP contribution in [-0.4, -0.2) is 57.0 Å². The first kappa shape index (κ1) is 25.9. The number of carbonyl (C=O) groups excluding carboxylic acids is 1. The molecule has 0 spiro atoms. The van der Waals surface area contributed by atoms with Gasteiger partial charge >= 0.3 is 5.97 Å². The Kier molecular flexibility index (Phi) is 7.33. The molecule has 37 heavy (non-hydrogen) atoms. The number of fused-ring (bicyclic) bond motifs is 1. The molecule has 10 heteroatoms. The van der Waals surface area contributed by atoms with Gasteiger partial charge in [-0.15, -0.1) is 0 Å². The fourth-order valence-corrected chi connectivity index (χ4v) is 4.75. The van der Waals surface area contributed by atoms with Gasteiger partial charge in [-0.1, -0.05) is 36.4 Å². The zero-order valence-corrected chi connectivity index (χ0v) is 21.3. The molecule has 1 unspecified atom stereocenters. The molecule has 0 saturated heterocycles. The van der Waals surface area contributed by atoms with E-state index in [1.807, 2.05) is 0 Å². The van der Waals surface area contributed by atoms with Crippen LogP contribution in [0, 0.1) is 0 Å². The zero-order valence-electron chi connectivity index (χ0n) is 20.5. The number of furan rings is 1. The highest BCUT2D eigenvalue weighted by molar-refractivity contribution is 7.89. The van der Waals surface area contributed by atoms with Gasteiger partial charge in [-0.05, 0) is 53.1 Å². The summed E-state index contributed by atoms with van der Waals surface area (Å²) in [6.07, 6.45) is 0.0461. The van der Waals surface area contributed by atoms with Crippen molar-refractivity contribution in [2.75, 3.05) is 21.2 Å². The highest BCUT2D eigenvalue weighted by Gasteiger charge is 2.23. The van der Waals surface area contributed by atoms with Crippen molar-refractivity contribution in [3.63, 3.8) is 0 Å². The number of carboxylic acid groups (broad SMARTS) is 1. The van der Waals surface area contributed by atoms with Crippen LogP contribution in [0.1, 0.15) is 16.1 Å². The molecule has 0 bridgehead atoms. The van der Waals surface area contributed by atoms with Crippen molar-refractivity contribution in [3.05, 3.63) is 84.1 Å². The molecule has 0 aliphatic carbocycles. The van der Waals surface area contributed by atoms with Crippen molar-refractivity contribution in [3.8, 4) is 16.9 Å². The lowest BCUT2D eigenvalue weighted by Gasteiger charge is -2.14. The Hall–Kier alpha value is -4.15. The van der Waals surface area contributed by atoms with Gasteiger partial charge in [-0.2, -0.15) is 0 Å². The molecule has 2 N–H and O–H groups in total. The average molecular weight is 523 g/mol. The second kappa shape index (κ2) is 10.5. The van der Waals surface area contributed by atoms with Crippen LogP contribution in [0.25, 0.3) is 22.1 Å². The Balaban J connectivity index is 1.49. The number of ether oxygens (including phenoxy) is 1. The SMILES string of the molecule is COc1ccc2oc(C(=O)NC(Cc3ccc(-c4cccc(S(=O)(=O)N(C)C)c4)cc3)C(=O)O)cc2c1. The van der Waals surface area contributed by atoms with E-state index in [2.05, 4.69) is 5.32 Å². The number of carboxylic acids is 1. The molecule has 4 aromatic rings. The molecule has 192 valence electrons. The first-order valence-corrected chi connectivity index (χ1v) is 12.8. The number of carbonyl (C=O) groups is 2. The maximum absolute atomic E-state index is 12.7. The minimum absolute atomic E-state index is 0.00240. The molecule has 1 amide bonds. The number of nitrogens with one attached hydrogen (secondary N) is 1. The molecular formula is C27H26N2O7S. The molecule has 4 rings (SSSR count). The predicted molar refractivity (Wildman–Crippen MR) is 138 cm³/mol. The minimum Gasteiger partial charge on any atom is -0.497 e. The van der Waals surface area contributed by atoms with E-state index in [9.17, 15) is 23.1 Å². The van der Waals surface area contributed by atoms with Crippen molar-refractivity contribution >= 4 is 32.9 Å². The largest absolute Gasteiger partial charge is 0.497 e. The number of sulfonamides is 1. The van der Waals surface area contributed by atoms with Crippen LogP contribution in [0.5, 0.6) is 5.75 Å². The van der Waals surface area contributed by atoms with Crippen LogP contribution in [0.4, 0.5) is 0 Å². The summed E-state index contributed by atoms with van der Waals surface area (Å²) in [5.74, 6) is -1.22. The van der Waals surface area contributed by atoms with Crippen LogP contribution >= 0.6 is 0 Å². The van der Waals surface area contributed by atoms with Gasteiger partial charge in [0.05, 0.1) is 12.0 Å². The Labute approximate surface area is 214 Å². The van der Waals surface area contributed by atoms with E-state index in [1.165, 1.54) is 33.3 Å². The minimum atomic E-state index is -3.57. The summed E-state index contributed by atoms with van der Waals surface area (Å²) in [5, 5.41) is 12.9. The van der Waals surface area contributed by atoms with E-state index in [4.69, 9.17) is 9.15 Å². The van der Waals surface area contributed by atoms with Gasteiger partial charge in [0.1, 0.15) is 17.4 Å². The molecule has 0 saturated carbocycles. The van der Waals surface area contributed by atoms with Gasteiger partial charge in [0.15, 0.2) is 5.76 Å². The molecular weight excluding hydrogens is 496 g/mol. The number of rotatable bonds is 9. The molecule has 9 nitrogen and oxygen atoms in total. The summed E-state index contributed by atoms with van der Waals surface area (Å²) in [6, 6.07) is 19.1. The summed E-state index contributed by atoms with van der Waals surface area (Å²) in [5.41, 5.74) is 2.64. The van der Waals surface area contributed by atoms with E-state index in [0.717, 1.165) is 9.87 Å². The highest BCUT2D eigenvalue weighted by Crippen LogP contribution is 2.26. The lowest BCUT2D eigenvalue weighted by Crippen LogP contribution is -2.42. The van der Waals surface area contributed by atoms with E-state index in [1.54, 1.807) is 60.7 Å². The summed E-state index contributed by atoms with van der Waals surface area (Å²) in [4.78, 5) is 24.8. The first-order valence-electron chi connectivity index (χ1n) is 11.3. The summed E-state index contributed by atoms with van der Waals surface area (Å²) >= 11 is 0. The number of hydrogen-bond acceptors (Lipinski definition) is 6. The number of amides is 1. The van der Waals surface area contributed by atoms with Crippen molar-refractivity contribution in [1.82, 2.24) is 9.62 Å². The third-order valence-electron chi connectivity index (χ3n) is 5.89. The van der Waals surface area contributed by atoms with Crippen molar-refractivity contribution < 1.29 is 32.3 Å². The second-order valence-electron chi connectivity index (χ2n) is 8.59. The third kappa shape index (κ3) is 5.65. The maximum atomic E-state index is 12.7. The quantitative estimate of drug-likeness (QED) is 0.343. The van der Waals surface area contributed by atoms with E-state index in [0.29, 0.717) is 27.8 Å². The Morgan fingerprint density at radius 1 is 1.00 bits per heavy atom. The van der Waals surface area contributed by atoms with Crippen LogP contribution in [0.2, 0.25) is 0 Å². The van der Waals surface area contributed by atoms with Gasteiger partial charge in [-0.25, -0.2) is 17.5 Å². The van der Waals surface area contributed by atoms with Crippen LogP contribution < -0.4 is 10.1 Å². The van der Waals surface area contributed by atoms with Crippen molar-refractivity contribution in [1.29, 1.82) is 0 Å². The van der Waals surface area contributed by atoms with Gasteiger partial charge < -0.3 is 19.6 Å². The molecule has 0 fully saturated rings. The molecule has 1 aromatic heterocycles. The van der Waals surface area contributed by atoms with Crippen LogP contribution in [0.3, 0.4) is 0 Å². The monoisotopic (exact) mass is 522 g/mol. The lowest BCUT2D eigenvalue weighted by molar-refractivity contribution is -0.139. The topological polar surface area (TPSA) is 126 Å². The molecule has 1 atom stereocenters. The van der Waals surface area contributed by atoms with Crippen molar-refractivity contribution in [2.45, 2.75) is 17.4 Å². The first-order chi connectivity index (χ1) is 17.6. The number of hydrogen-bond donors (Lipinski definition) is 2. The summed E-state index contributed by atoms with van der Waals surface area (Å²) in [7, 11) is 0.904. The van der Waals surface area contributed by atoms with E-state index < -0.39 is 27.9 Å². The Morgan fingerprint density at radius 3 is 2.38 bits per heavy atom. The van der Waals surface area contributed by atoms with Gasteiger partial charge in [0.2, 0.25) is 10.0 Å². The van der Waals surface area contributed by atoms with Gasteiger partial charge in [0.25, 0.3) is 5.91 Å².